The van der Waals surface area contributed by atoms with Crippen LogP contribution in [0.1, 0.15) is 17.5 Å². The van der Waals surface area contributed by atoms with Crippen LogP contribution in [-0.2, 0) is 21.5 Å². The maximum absolute atomic E-state index is 13.2. The first kappa shape index (κ1) is 19.1. The van der Waals surface area contributed by atoms with Gasteiger partial charge in [0.15, 0.2) is 0 Å². The molecule has 0 saturated carbocycles. The third-order valence-corrected chi connectivity index (χ3v) is 6.02. The summed E-state index contributed by atoms with van der Waals surface area (Å²) in [4.78, 5) is 52.8. The van der Waals surface area contributed by atoms with E-state index in [0.717, 1.165) is 16.0 Å². The molecule has 1 spiro atoms. The first-order valence-corrected chi connectivity index (χ1v) is 10.2. The molecule has 31 heavy (non-hydrogen) atoms. The van der Waals surface area contributed by atoms with Gasteiger partial charge in [-0.05, 0) is 42.2 Å². The van der Waals surface area contributed by atoms with Crippen molar-refractivity contribution in [2.24, 2.45) is 0 Å². The average Bonchev–Trinajstić information content (AvgIpc) is 3.42. The fourth-order valence-corrected chi connectivity index (χ4v) is 4.55. The van der Waals surface area contributed by atoms with Crippen LogP contribution in [-0.4, -0.2) is 48.4 Å². The van der Waals surface area contributed by atoms with E-state index < -0.39 is 23.4 Å². The van der Waals surface area contributed by atoms with Crippen molar-refractivity contribution in [3.05, 3.63) is 59.7 Å². The molecule has 0 aromatic heterocycles. The molecule has 1 aliphatic carbocycles. The van der Waals surface area contributed by atoms with Crippen molar-refractivity contribution < 1.29 is 19.2 Å². The number of imide groups is 1. The zero-order valence-electron chi connectivity index (χ0n) is 16.7. The van der Waals surface area contributed by atoms with Crippen LogP contribution in [0.5, 0.6) is 0 Å². The van der Waals surface area contributed by atoms with Crippen molar-refractivity contribution in [2.45, 2.75) is 18.4 Å². The second kappa shape index (κ2) is 7.12. The van der Waals surface area contributed by atoms with Gasteiger partial charge in [-0.2, -0.15) is 0 Å². The summed E-state index contributed by atoms with van der Waals surface area (Å²) in [6, 6.07) is 13.7. The summed E-state index contributed by atoms with van der Waals surface area (Å²) >= 11 is 0. The van der Waals surface area contributed by atoms with Crippen LogP contribution in [0.25, 0.3) is 0 Å². The quantitative estimate of drug-likeness (QED) is 0.653. The van der Waals surface area contributed by atoms with E-state index in [-0.39, 0.29) is 12.6 Å². The molecule has 3 N–H and O–H groups in total. The van der Waals surface area contributed by atoms with Gasteiger partial charge in [0.1, 0.15) is 12.1 Å². The average molecular weight is 419 g/mol. The number of nitrogens with zero attached hydrogens (tertiary/aromatic N) is 2. The van der Waals surface area contributed by atoms with Crippen LogP contribution in [0.2, 0.25) is 0 Å². The standard InChI is InChI=1S/C22H21N5O4/c28-18(24-15-5-3-6-16(12-15)26-11-10-23-20(26)30)13-27-19(29)22(25-21(27)31)9-8-14-4-1-2-7-17(14)22/h1-7,12H,8-11,13H2,(H,23,30)(H,24,28)(H,25,31). The maximum atomic E-state index is 13.2. The Morgan fingerprint density at radius 1 is 1.06 bits per heavy atom. The molecule has 2 fully saturated rings. The van der Waals surface area contributed by atoms with Gasteiger partial charge in [0, 0.05) is 24.5 Å². The zero-order chi connectivity index (χ0) is 21.6. The summed E-state index contributed by atoms with van der Waals surface area (Å²) in [6.07, 6.45) is 1.17. The van der Waals surface area contributed by atoms with Crippen molar-refractivity contribution in [3.8, 4) is 0 Å². The van der Waals surface area contributed by atoms with E-state index in [1.54, 1.807) is 29.2 Å². The highest BCUT2D eigenvalue weighted by atomic mass is 16.2. The summed E-state index contributed by atoms with van der Waals surface area (Å²) in [5.74, 6) is -0.894. The Balaban J connectivity index is 1.30. The number of anilines is 2. The molecular formula is C22H21N5O4. The summed E-state index contributed by atoms with van der Waals surface area (Å²) in [6.45, 7) is 0.720. The number of urea groups is 2. The van der Waals surface area contributed by atoms with Crippen molar-refractivity contribution in [2.75, 3.05) is 29.9 Å². The Kier molecular flexibility index (Phi) is 4.39. The molecular weight excluding hydrogens is 398 g/mol. The minimum Gasteiger partial charge on any atom is -0.336 e. The van der Waals surface area contributed by atoms with Crippen molar-refractivity contribution in [1.82, 2.24) is 15.5 Å². The number of hydrogen-bond donors (Lipinski definition) is 3. The highest BCUT2D eigenvalue weighted by Crippen LogP contribution is 2.41. The number of carbonyl (C=O) groups excluding carboxylic acids is 4. The number of hydrogen-bond acceptors (Lipinski definition) is 4. The number of amides is 6. The van der Waals surface area contributed by atoms with E-state index in [2.05, 4.69) is 16.0 Å². The van der Waals surface area contributed by atoms with Crippen LogP contribution in [0.3, 0.4) is 0 Å². The molecule has 1 unspecified atom stereocenters. The van der Waals surface area contributed by atoms with Crippen molar-refractivity contribution >= 4 is 35.3 Å². The minimum atomic E-state index is -1.09. The van der Waals surface area contributed by atoms with Gasteiger partial charge < -0.3 is 16.0 Å². The lowest BCUT2D eigenvalue weighted by molar-refractivity contribution is -0.134. The van der Waals surface area contributed by atoms with E-state index >= 15 is 0 Å². The van der Waals surface area contributed by atoms with Gasteiger partial charge in [-0.25, -0.2) is 9.59 Å². The smallest absolute Gasteiger partial charge is 0.325 e. The van der Waals surface area contributed by atoms with Crippen LogP contribution < -0.4 is 20.9 Å². The molecule has 2 heterocycles. The summed E-state index contributed by atoms with van der Waals surface area (Å²) in [5.41, 5.74) is 1.88. The second-order valence-corrected chi connectivity index (χ2v) is 7.87. The minimum absolute atomic E-state index is 0.190. The predicted octanol–water partition coefficient (Wildman–Crippen LogP) is 1.55. The van der Waals surface area contributed by atoms with E-state index in [0.29, 0.717) is 37.3 Å². The Bertz CT molecular complexity index is 1120. The topological polar surface area (TPSA) is 111 Å². The molecule has 0 radical (unpaired) electrons. The summed E-state index contributed by atoms with van der Waals surface area (Å²) in [5, 5.41) is 8.26. The lowest BCUT2D eigenvalue weighted by Gasteiger charge is -2.22. The molecule has 6 amide bonds. The number of nitrogens with one attached hydrogen (secondary N) is 3. The van der Waals surface area contributed by atoms with E-state index in [1.165, 1.54) is 0 Å². The van der Waals surface area contributed by atoms with Crippen molar-refractivity contribution in [1.29, 1.82) is 0 Å². The van der Waals surface area contributed by atoms with E-state index in [4.69, 9.17) is 0 Å². The zero-order valence-corrected chi connectivity index (χ0v) is 16.7. The maximum Gasteiger partial charge on any atom is 0.325 e. The van der Waals surface area contributed by atoms with Crippen LogP contribution in [0, 0.1) is 0 Å². The summed E-state index contributed by atoms with van der Waals surface area (Å²) in [7, 11) is 0. The monoisotopic (exact) mass is 419 g/mol. The molecule has 9 heteroatoms. The van der Waals surface area contributed by atoms with E-state index in [9.17, 15) is 19.2 Å². The van der Waals surface area contributed by atoms with E-state index in [1.807, 2.05) is 24.3 Å². The lowest BCUT2D eigenvalue weighted by atomic mass is 9.92. The molecule has 2 aromatic carbocycles. The van der Waals surface area contributed by atoms with Gasteiger partial charge in [-0.3, -0.25) is 19.4 Å². The van der Waals surface area contributed by atoms with Crippen LogP contribution in [0.4, 0.5) is 21.0 Å². The summed E-state index contributed by atoms with van der Waals surface area (Å²) < 4.78 is 0. The lowest BCUT2D eigenvalue weighted by Crippen LogP contribution is -2.43. The van der Waals surface area contributed by atoms with Gasteiger partial charge in [-0.15, -0.1) is 0 Å². The Morgan fingerprint density at radius 2 is 1.90 bits per heavy atom. The number of rotatable bonds is 4. The molecule has 9 nitrogen and oxygen atoms in total. The molecule has 1 atom stereocenters. The molecule has 2 saturated heterocycles. The molecule has 3 aliphatic rings. The van der Waals surface area contributed by atoms with Gasteiger partial charge in [-0.1, -0.05) is 30.3 Å². The predicted molar refractivity (Wildman–Crippen MR) is 113 cm³/mol. The number of fused-ring (bicyclic) bond motifs is 2. The van der Waals surface area contributed by atoms with Gasteiger partial charge in [0.2, 0.25) is 5.91 Å². The van der Waals surface area contributed by atoms with Crippen LogP contribution in [0.15, 0.2) is 48.5 Å². The van der Waals surface area contributed by atoms with Crippen molar-refractivity contribution in [3.63, 3.8) is 0 Å². The Labute approximate surface area is 178 Å². The SMILES string of the molecule is O=C(CN1C(=O)NC2(CCc3ccccc32)C1=O)Nc1cccc(N2CCNC2=O)c1. The first-order chi connectivity index (χ1) is 15.0. The largest absolute Gasteiger partial charge is 0.336 e. The highest BCUT2D eigenvalue weighted by molar-refractivity contribution is 6.11. The number of aryl methyl sites for hydroxylation is 1. The fourth-order valence-electron chi connectivity index (χ4n) is 4.55. The fraction of sp³-hybridized carbons (Fsp3) is 0.273. The second-order valence-electron chi connectivity index (χ2n) is 7.87. The van der Waals surface area contributed by atoms with Gasteiger partial charge in [0.25, 0.3) is 5.91 Å². The van der Waals surface area contributed by atoms with Crippen LogP contribution >= 0.6 is 0 Å². The van der Waals surface area contributed by atoms with Gasteiger partial charge >= 0.3 is 12.1 Å². The molecule has 2 aromatic rings. The Morgan fingerprint density at radius 3 is 2.71 bits per heavy atom. The molecule has 5 rings (SSSR count). The Hall–Kier alpha value is -3.88. The van der Waals surface area contributed by atoms with Gasteiger partial charge in [0.05, 0.1) is 0 Å². The first-order valence-electron chi connectivity index (χ1n) is 10.2. The molecule has 2 aliphatic heterocycles. The third kappa shape index (κ3) is 3.09. The molecule has 158 valence electrons. The normalized spacial score (nSPS) is 22.0. The molecule has 0 bridgehead atoms. The highest BCUT2D eigenvalue weighted by Gasteiger charge is 2.55. The number of benzene rings is 2. The third-order valence-electron chi connectivity index (χ3n) is 6.02. The number of carbonyl (C=O) groups is 4.